The van der Waals surface area contributed by atoms with Crippen molar-refractivity contribution in [3.05, 3.63) is 48.0 Å². The number of fused-ring (bicyclic) bond motifs is 2. The fourth-order valence-corrected chi connectivity index (χ4v) is 5.21. The van der Waals surface area contributed by atoms with Crippen LogP contribution < -0.4 is 10.2 Å². The lowest BCUT2D eigenvalue weighted by Gasteiger charge is -2.39. The molecule has 0 bridgehead atoms. The number of likely N-dealkylation sites (tertiary alicyclic amines) is 1. The minimum Gasteiger partial charge on any atom is -0.352 e. The van der Waals surface area contributed by atoms with Crippen molar-refractivity contribution in [3.63, 3.8) is 0 Å². The van der Waals surface area contributed by atoms with E-state index in [0.717, 1.165) is 24.2 Å². The maximum Gasteiger partial charge on any atom is 0.251 e. The fraction of sp³-hybridized carbons (Fsp3) is 0.435. The van der Waals surface area contributed by atoms with Crippen molar-refractivity contribution in [1.29, 1.82) is 0 Å². The number of nitrogens with one attached hydrogen (secondary N) is 1. The third kappa shape index (κ3) is 4.73. The molecule has 2 heterocycles. The number of halogens is 1. The lowest BCUT2D eigenvalue weighted by molar-refractivity contribution is 0.0953. The van der Waals surface area contributed by atoms with Crippen LogP contribution in [-0.2, 0) is 0 Å². The van der Waals surface area contributed by atoms with Gasteiger partial charge in [0.2, 0.25) is 0 Å². The largest absolute Gasteiger partial charge is 0.352 e. The maximum atomic E-state index is 12.5. The van der Waals surface area contributed by atoms with Crippen molar-refractivity contribution in [2.45, 2.75) is 48.9 Å². The van der Waals surface area contributed by atoms with E-state index >= 15 is 0 Å². The molecule has 4 nitrogen and oxygen atoms in total. The summed E-state index contributed by atoms with van der Waals surface area (Å²) in [5.41, 5.74) is 3.14. The van der Waals surface area contributed by atoms with Crippen LogP contribution in [0.1, 0.15) is 43.5 Å². The van der Waals surface area contributed by atoms with Gasteiger partial charge in [-0.05, 0) is 69.6 Å². The standard InChI is InChI=1S/C23H29N3OS.ClH/c1-3-12-24-23(27)18-10-11-22-20(15-18)26(17(2)16-25-13-6-7-14-25)19-8-4-5-9-21(19)28-22;/h4-5,8-11,15,17H,3,6-7,12-14,16H2,1-2H3,(H,24,27);1H/t17-;/m1./s1. The van der Waals surface area contributed by atoms with Crippen molar-refractivity contribution in [1.82, 2.24) is 10.2 Å². The molecule has 1 atom stereocenters. The highest BCUT2D eigenvalue weighted by Crippen LogP contribution is 2.49. The van der Waals surface area contributed by atoms with Gasteiger partial charge in [-0.3, -0.25) is 4.79 Å². The van der Waals surface area contributed by atoms with Gasteiger partial charge in [0.25, 0.3) is 5.91 Å². The first-order valence-corrected chi connectivity index (χ1v) is 11.2. The molecule has 29 heavy (non-hydrogen) atoms. The van der Waals surface area contributed by atoms with Gasteiger partial charge in [0.1, 0.15) is 0 Å². The topological polar surface area (TPSA) is 35.6 Å². The molecule has 1 amide bonds. The highest BCUT2D eigenvalue weighted by atomic mass is 35.5. The fourth-order valence-electron chi connectivity index (χ4n) is 4.16. The van der Waals surface area contributed by atoms with E-state index in [9.17, 15) is 4.79 Å². The Balaban J connectivity index is 0.00000240. The zero-order chi connectivity index (χ0) is 19.5. The zero-order valence-electron chi connectivity index (χ0n) is 17.2. The number of amides is 1. The van der Waals surface area contributed by atoms with Crippen LogP contribution in [-0.4, -0.2) is 43.0 Å². The van der Waals surface area contributed by atoms with E-state index in [1.165, 1.54) is 41.4 Å². The molecule has 1 saturated heterocycles. The van der Waals surface area contributed by atoms with Crippen molar-refractivity contribution in [2.24, 2.45) is 0 Å². The monoisotopic (exact) mass is 431 g/mol. The average molecular weight is 432 g/mol. The number of para-hydroxylation sites is 1. The van der Waals surface area contributed by atoms with E-state index in [0.29, 0.717) is 12.6 Å². The van der Waals surface area contributed by atoms with Gasteiger partial charge in [-0.1, -0.05) is 30.8 Å². The lowest BCUT2D eigenvalue weighted by atomic mass is 10.1. The summed E-state index contributed by atoms with van der Waals surface area (Å²) in [6.45, 7) is 8.52. The highest BCUT2D eigenvalue weighted by molar-refractivity contribution is 7.99. The molecule has 4 rings (SSSR count). The number of carbonyl (C=O) groups excluding carboxylic acids is 1. The van der Waals surface area contributed by atoms with Gasteiger partial charge in [-0.2, -0.15) is 0 Å². The van der Waals surface area contributed by atoms with Crippen LogP contribution in [0.5, 0.6) is 0 Å². The molecule has 2 aromatic carbocycles. The van der Waals surface area contributed by atoms with E-state index in [1.54, 1.807) is 11.8 Å². The smallest absolute Gasteiger partial charge is 0.251 e. The van der Waals surface area contributed by atoms with E-state index in [-0.39, 0.29) is 18.3 Å². The van der Waals surface area contributed by atoms with Crippen LogP contribution in [0, 0.1) is 0 Å². The summed E-state index contributed by atoms with van der Waals surface area (Å²) in [7, 11) is 0. The molecular weight excluding hydrogens is 402 g/mol. The SMILES string of the molecule is CCCNC(=O)c1ccc2c(c1)N([C@H](C)CN1CCCC1)c1ccccc1S2.Cl. The predicted molar refractivity (Wildman–Crippen MR) is 124 cm³/mol. The number of anilines is 2. The van der Waals surface area contributed by atoms with Crippen molar-refractivity contribution < 1.29 is 4.79 Å². The first kappa shape index (κ1) is 22.0. The van der Waals surface area contributed by atoms with Gasteiger partial charge >= 0.3 is 0 Å². The van der Waals surface area contributed by atoms with Crippen LogP contribution in [0.2, 0.25) is 0 Å². The Kier molecular flexibility index (Phi) is 7.49. The van der Waals surface area contributed by atoms with E-state index in [2.05, 4.69) is 65.4 Å². The molecule has 0 radical (unpaired) electrons. The summed E-state index contributed by atoms with van der Waals surface area (Å²) in [5.74, 6) is 0.0145. The summed E-state index contributed by atoms with van der Waals surface area (Å²) in [5, 5.41) is 3.00. The van der Waals surface area contributed by atoms with Crippen LogP contribution in [0.25, 0.3) is 0 Å². The number of hydrogen-bond donors (Lipinski definition) is 1. The predicted octanol–water partition coefficient (Wildman–Crippen LogP) is 5.34. The molecule has 0 unspecified atom stereocenters. The minimum absolute atomic E-state index is 0. The quantitative estimate of drug-likeness (QED) is 0.670. The number of hydrogen-bond acceptors (Lipinski definition) is 4. The number of nitrogens with zero attached hydrogens (tertiary/aromatic N) is 2. The first-order chi connectivity index (χ1) is 13.7. The molecule has 1 N–H and O–H groups in total. The summed E-state index contributed by atoms with van der Waals surface area (Å²) in [4.78, 5) is 20.1. The third-order valence-corrected chi connectivity index (χ3v) is 6.65. The Labute approximate surface area is 184 Å². The maximum absolute atomic E-state index is 12.5. The summed E-state index contributed by atoms with van der Waals surface area (Å²) >= 11 is 1.80. The van der Waals surface area contributed by atoms with Crippen LogP contribution in [0.3, 0.4) is 0 Å². The Bertz CT molecular complexity index is 854. The molecule has 0 aliphatic carbocycles. The average Bonchev–Trinajstić information content (AvgIpc) is 3.22. The van der Waals surface area contributed by atoms with Gasteiger partial charge in [0.15, 0.2) is 0 Å². The van der Waals surface area contributed by atoms with Gasteiger partial charge < -0.3 is 15.1 Å². The van der Waals surface area contributed by atoms with Crippen LogP contribution >= 0.6 is 24.2 Å². The summed E-state index contributed by atoms with van der Waals surface area (Å²) in [6.07, 6.45) is 3.55. The van der Waals surface area contributed by atoms with Crippen molar-refractivity contribution >= 4 is 41.5 Å². The molecular formula is C23H30ClN3OS. The summed E-state index contributed by atoms with van der Waals surface area (Å²) < 4.78 is 0. The van der Waals surface area contributed by atoms with Crippen molar-refractivity contribution in [2.75, 3.05) is 31.1 Å². The van der Waals surface area contributed by atoms with Gasteiger partial charge in [0.05, 0.1) is 11.4 Å². The lowest BCUT2D eigenvalue weighted by Crippen LogP contribution is -2.40. The third-order valence-electron chi connectivity index (χ3n) is 5.52. The van der Waals surface area contributed by atoms with E-state index in [1.807, 2.05) is 6.07 Å². The normalized spacial score (nSPS) is 16.6. The number of rotatable bonds is 6. The Morgan fingerprint density at radius 1 is 1.10 bits per heavy atom. The zero-order valence-corrected chi connectivity index (χ0v) is 18.8. The van der Waals surface area contributed by atoms with Crippen LogP contribution in [0.15, 0.2) is 52.3 Å². The van der Waals surface area contributed by atoms with Crippen molar-refractivity contribution in [3.8, 4) is 0 Å². The Morgan fingerprint density at radius 3 is 2.59 bits per heavy atom. The van der Waals surface area contributed by atoms with Gasteiger partial charge in [-0.25, -0.2) is 0 Å². The molecule has 2 aliphatic heterocycles. The Morgan fingerprint density at radius 2 is 1.83 bits per heavy atom. The number of benzene rings is 2. The second-order valence-electron chi connectivity index (χ2n) is 7.73. The highest BCUT2D eigenvalue weighted by Gasteiger charge is 2.29. The first-order valence-electron chi connectivity index (χ1n) is 10.4. The molecule has 2 aromatic rings. The van der Waals surface area contributed by atoms with E-state index in [4.69, 9.17) is 0 Å². The van der Waals surface area contributed by atoms with Gasteiger partial charge in [0, 0.05) is 34.5 Å². The molecule has 0 saturated carbocycles. The summed E-state index contributed by atoms with van der Waals surface area (Å²) in [6, 6.07) is 15.1. The molecule has 0 spiro atoms. The molecule has 156 valence electrons. The molecule has 1 fully saturated rings. The Hall–Kier alpha value is -1.69. The molecule has 6 heteroatoms. The second-order valence-corrected chi connectivity index (χ2v) is 8.82. The molecule has 2 aliphatic rings. The van der Waals surface area contributed by atoms with Crippen LogP contribution in [0.4, 0.5) is 11.4 Å². The number of carbonyl (C=O) groups is 1. The minimum atomic E-state index is 0. The van der Waals surface area contributed by atoms with Gasteiger partial charge in [-0.15, -0.1) is 12.4 Å². The molecule has 0 aromatic heterocycles. The second kappa shape index (κ2) is 9.88. The van der Waals surface area contributed by atoms with E-state index < -0.39 is 0 Å².